The molecule has 2 nitrogen and oxygen atoms in total. The maximum absolute atomic E-state index is 6.63. The lowest BCUT2D eigenvalue weighted by atomic mass is 9.65. The number of ether oxygens (including phenoxy) is 1. The molecule has 0 bridgehead atoms. The number of nitrogens with zero attached hydrogens (tertiary/aromatic N) is 1. The number of hydrogen-bond acceptors (Lipinski definition) is 2. The van der Waals surface area contributed by atoms with Crippen molar-refractivity contribution in [3.8, 4) is 33.9 Å². The third kappa shape index (κ3) is 3.19. The molecule has 0 fully saturated rings. The highest BCUT2D eigenvalue weighted by molar-refractivity contribution is 6.26. The molecular weight excluding hydrogens is 583 g/mol. The van der Waals surface area contributed by atoms with Crippen molar-refractivity contribution in [3.05, 3.63) is 186 Å². The lowest BCUT2D eigenvalue weighted by Crippen LogP contribution is -2.32. The van der Waals surface area contributed by atoms with Gasteiger partial charge in [-0.1, -0.05) is 140 Å². The van der Waals surface area contributed by atoms with Crippen LogP contribution in [0.3, 0.4) is 0 Å². The first-order valence-electron chi connectivity index (χ1n) is 16.6. The Labute approximate surface area is 277 Å². The SMILES string of the molecule is c1ccc2c(c1)Oc1ccccc1C21c2ccccc2-c2c(-c3ccc4c5ccccc5c5ccccc5c4c3)nc3ccccc3c21. The van der Waals surface area contributed by atoms with Crippen molar-refractivity contribution < 1.29 is 4.74 Å². The Bertz CT molecular complexity index is 2750. The molecule has 9 aromatic rings. The van der Waals surface area contributed by atoms with Crippen LogP contribution < -0.4 is 4.74 Å². The van der Waals surface area contributed by atoms with Gasteiger partial charge < -0.3 is 4.74 Å². The minimum atomic E-state index is -0.575. The summed E-state index contributed by atoms with van der Waals surface area (Å²) in [6.07, 6.45) is 0. The highest BCUT2D eigenvalue weighted by atomic mass is 16.5. The predicted molar refractivity (Wildman–Crippen MR) is 197 cm³/mol. The highest BCUT2D eigenvalue weighted by Crippen LogP contribution is 2.64. The summed E-state index contributed by atoms with van der Waals surface area (Å²) < 4.78 is 6.63. The zero-order valence-electron chi connectivity index (χ0n) is 25.9. The van der Waals surface area contributed by atoms with Crippen LogP contribution in [0.1, 0.15) is 22.3 Å². The minimum absolute atomic E-state index is 0.575. The highest BCUT2D eigenvalue weighted by Gasteiger charge is 2.52. The Morgan fingerprint density at radius 1 is 0.417 bits per heavy atom. The molecule has 1 aliphatic heterocycles. The summed E-state index contributed by atoms with van der Waals surface area (Å²) in [7, 11) is 0. The average Bonchev–Trinajstić information content (AvgIpc) is 3.46. The minimum Gasteiger partial charge on any atom is -0.457 e. The molecule has 1 spiro atoms. The first-order valence-corrected chi connectivity index (χ1v) is 16.6. The number of benzene rings is 8. The smallest absolute Gasteiger partial charge is 0.132 e. The second kappa shape index (κ2) is 9.40. The Morgan fingerprint density at radius 3 is 1.58 bits per heavy atom. The molecule has 1 aliphatic carbocycles. The molecule has 0 saturated carbocycles. The number of rotatable bonds is 1. The molecule has 8 aromatic carbocycles. The van der Waals surface area contributed by atoms with E-state index in [0.717, 1.165) is 44.8 Å². The second-order valence-electron chi connectivity index (χ2n) is 13.0. The molecule has 2 aliphatic rings. The third-order valence-electron chi connectivity index (χ3n) is 10.7. The fourth-order valence-electron chi connectivity index (χ4n) is 8.84. The van der Waals surface area contributed by atoms with Crippen LogP contribution in [0.2, 0.25) is 0 Å². The van der Waals surface area contributed by atoms with Crippen molar-refractivity contribution in [1.82, 2.24) is 4.98 Å². The first kappa shape index (κ1) is 25.9. The Balaban J connectivity index is 1.32. The largest absolute Gasteiger partial charge is 0.457 e. The van der Waals surface area contributed by atoms with Crippen molar-refractivity contribution in [1.29, 1.82) is 0 Å². The van der Waals surface area contributed by atoms with Gasteiger partial charge in [-0.15, -0.1) is 0 Å². The molecule has 0 amide bonds. The van der Waals surface area contributed by atoms with Crippen LogP contribution in [0.5, 0.6) is 11.5 Å². The number of para-hydroxylation sites is 3. The summed E-state index contributed by atoms with van der Waals surface area (Å²) in [5.41, 5.74) is 9.81. The van der Waals surface area contributed by atoms with E-state index in [4.69, 9.17) is 9.72 Å². The van der Waals surface area contributed by atoms with Gasteiger partial charge in [-0.05, 0) is 73.3 Å². The van der Waals surface area contributed by atoms with E-state index in [1.54, 1.807) is 0 Å². The maximum Gasteiger partial charge on any atom is 0.132 e. The van der Waals surface area contributed by atoms with Crippen LogP contribution in [0.15, 0.2) is 164 Å². The lowest BCUT2D eigenvalue weighted by molar-refractivity contribution is 0.437. The Kier molecular flexibility index (Phi) is 5.07. The lowest BCUT2D eigenvalue weighted by Gasteiger charge is -2.39. The molecule has 0 N–H and O–H groups in total. The monoisotopic (exact) mass is 609 g/mol. The van der Waals surface area contributed by atoms with Crippen molar-refractivity contribution >= 4 is 43.2 Å². The Morgan fingerprint density at radius 2 is 0.917 bits per heavy atom. The van der Waals surface area contributed by atoms with Crippen molar-refractivity contribution in [2.75, 3.05) is 0 Å². The summed E-state index contributed by atoms with van der Waals surface area (Å²) >= 11 is 0. The molecule has 2 heteroatoms. The van der Waals surface area contributed by atoms with E-state index in [0.29, 0.717) is 0 Å². The van der Waals surface area contributed by atoms with Gasteiger partial charge in [0.1, 0.15) is 11.5 Å². The summed E-state index contributed by atoms with van der Waals surface area (Å²) in [5, 5.41) is 8.75. The van der Waals surface area contributed by atoms with Gasteiger partial charge in [0.25, 0.3) is 0 Å². The van der Waals surface area contributed by atoms with E-state index in [1.165, 1.54) is 54.6 Å². The summed E-state index contributed by atoms with van der Waals surface area (Å²) in [6, 6.07) is 59.2. The van der Waals surface area contributed by atoms with E-state index < -0.39 is 5.41 Å². The first-order chi connectivity index (χ1) is 23.8. The van der Waals surface area contributed by atoms with Gasteiger partial charge in [-0.25, -0.2) is 4.98 Å². The topological polar surface area (TPSA) is 22.1 Å². The van der Waals surface area contributed by atoms with E-state index in [1.807, 2.05) is 0 Å². The van der Waals surface area contributed by atoms with E-state index in [2.05, 4.69) is 164 Å². The van der Waals surface area contributed by atoms with Gasteiger partial charge in [-0.3, -0.25) is 0 Å². The molecule has 0 saturated heterocycles. The molecule has 11 rings (SSSR count). The van der Waals surface area contributed by atoms with Gasteiger partial charge in [0, 0.05) is 27.6 Å². The Hall–Kier alpha value is -6.25. The number of fused-ring (bicyclic) bond motifs is 17. The van der Waals surface area contributed by atoms with Crippen LogP contribution in [0, 0.1) is 0 Å². The molecule has 0 atom stereocenters. The fraction of sp³-hybridized carbons (Fsp3) is 0.0217. The van der Waals surface area contributed by atoms with Gasteiger partial charge in [0.15, 0.2) is 0 Å². The zero-order valence-corrected chi connectivity index (χ0v) is 25.9. The van der Waals surface area contributed by atoms with Crippen LogP contribution in [-0.4, -0.2) is 4.98 Å². The second-order valence-corrected chi connectivity index (χ2v) is 13.0. The average molecular weight is 610 g/mol. The van der Waals surface area contributed by atoms with Gasteiger partial charge in [0.05, 0.1) is 16.6 Å². The van der Waals surface area contributed by atoms with Crippen LogP contribution in [0.4, 0.5) is 0 Å². The molecule has 0 radical (unpaired) electrons. The maximum atomic E-state index is 6.63. The summed E-state index contributed by atoms with van der Waals surface area (Å²) in [5.74, 6) is 1.79. The van der Waals surface area contributed by atoms with E-state index in [-0.39, 0.29) is 0 Å². The molecular formula is C46H27NO. The standard InChI is InChI=1S/C46H27NO/c1-2-15-31-29(13-1)30-14-3-4-16-32(30)36-27-28(25-26-33(31)36)45-43-34-17-5-7-19-37(34)46(44(43)35-18-6-10-22-40(35)47-45)38-20-8-11-23-41(38)48-42-24-12-9-21-39(42)46/h1-27H. The number of aromatic nitrogens is 1. The van der Waals surface area contributed by atoms with Crippen molar-refractivity contribution in [2.45, 2.75) is 5.41 Å². The van der Waals surface area contributed by atoms with Crippen LogP contribution in [-0.2, 0) is 5.41 Å². The summed E-state index contributed by atoms with van der Waals surface area (Å²) in [4.78, 5) is 5.52. The predicted octanol–water partition coefficient (Wildman–Crippen LogP) is 11.8. The number of pyridine rings is 1. The van der Waals surface area contributed by atoms with Crippen LogP contribution in [0.25, 0.3) is 65.6 Å². The normalized spacial score (nSPS) is 13.8. The molecule has 1 aromatic heterocycles. The zero-order chi connectivity index (χ0) is 31.4. The van der Waals surface area contributed by atoms with Gasteiger partial charge >= 0.3 is 0 Å². The molecule has 2 heterocycles. The van der Waals surface area contributed by atoms with Crippen molar-refractivity contribution in [2.24, 2.45) is 0 Å². The fourth-order valence-corrected chi connectivity index (χ4v) is 8.84. The number of hydrogen-bond donors (Lipinski definition) is 0. The molecule has 0 unspecified atom stereocenters. The third-order valence-corrected chi connectivity index (χ3v) is 10.7. The van der Waals surface area contributed by atoms with Crippen LogP contribution >= 0.6 is 0 Å². The summed E-state index contributed by atoms with van der Waals surface area (Å²) in [6.45, 7) is 0. The van der Waals surface area contributed by atoms with Gasteiger partial charge in [-0.2, -0.15) is 0 Å². The molecule has 222 valence electrons. The quantitative estimate of drug-likeness (QED) is 0.173. The van der Waals surface area contributed by atoms with Gasteiger partial charge in [0.2, 0.25) is 0 Å². The molecule has 48 heavy (non-hydrogen) atoms. The van der Waals surface area contributed by atoms with E-state index >= 15 is 0 Å². The van der Waals surface area contributed by atoms with E-state index in [9.17, 15) is 0 Å². The van der Waals surface area contributed by atoms with Crippen molar-refractivity contribution in [3.63, 3.8) is 0 Å².